The molecule has 2 aromatic heterocycles. The molecule has 6 rings (SSSR count). The molecule has 1 unspecified atom stereocenters. The van der Waals surface area contributed by atoms with Crippen LogP contribution in [0.15, 0.2) is 47.5 Å². The Morgan fingerprint density at radius 3 is 2.83 bits per heavy atom. The number of aromatic nitrogens is 4. The minimum absolute atomic E-state index is 0.0749. The molecule has 2 aliphatic rings. The average molecular weight is 578 g/mol. The van der Waals surface area contributed by atoms with E-state index >= 15 is 0 Å². The van der Waals surface area contributed by atoms with Gasteiger partial charge >= 0.3 is 5.97 Å². The average Bonchev–Trinajstić information content (AvgIpc) is 3.56. The third-order valence-electron chi connectivity index (χ3n) is 8.44. The van der Waals surface area contributed by atoms with Gasteiger partial charge in [-0.25, -0.2) is 9.67 Å². The van der Waals surface area contributed by atoms with E-state index in [0.717, 1.165) is 52.5 Å². The molecule has 41 heavy (non-hydrogen) atoms. The molecule has 0 bridgehead atoms. The Morgan fingerprint density at radius 1 is 1.22 bits per heavy atom. The fourth-order valence-corrected chi connectivity index (χ4v) is 7.84. The van der Waals surface area contributed by atoms with Crippen molar-refractivity contribution in [1.29, 1.82) is 0 Å². The Morgan fingerprint density at radius 2 is 2.05 bits per heavy atom. The van der Waals surface area contributed by atoms with Crippen molar-refractivity contribution in [2.75, 3.05) is 6.54 Å². The van der Waals surface area contributed by atoms with Crippen molar-refractivity contribution >= 4 is 27.8 Å². The van der Waals surface area contributed by atoms with Gasteiger partial charge in [0.1, 0.15) is 16.5 Å². The van der Waals surface area contributed by atoms with Crippen LogP contribution in [0.4, 0.5) is 0 Å². The van der Waals surface area contributed by atoms with E-state index in [1.54, 1.807) is 27.3 Å². The van der Waals surface area contributed by atoms with Gasteiger partial charge in [-0.05, 0) is 84.2 Å². The first-order valence-electron chi connectivity index (χ1n) is 14.0. The molecule has 0 radical (unpaired) electrons. The standard InChI is InChI=1S/C30H35N5O5S/c1-4-22-17-35(41(38,39)27-9-6-12-31-30(27)40-22)16-21-14-20(13-19-7-5-8-24(19)21)25(15-28(36)37)23-10-11-26-29(18(23)2)32-33-34(26)3/h6,9-14,22,25,38-39H,4-5,7-8,15-17H2,1-3H3,(H,36,37)/t22-,25?/m1/s1. The highest BCUT2D eigenvalue weighted by atomic mass is 32.3. The van der Waals surface area contributed by atoms with Crippen LogP contribution in [0.25, 0.3) is 11.0 Å². The predicted molar refractivity (Wildman–Crippen MR) is 156 cm³/mol. The number of aliphatic carboxylic acids is 1. The first-order valence-corrected chi connectivity index (χ1v) is 15.5. The third kappa shape index (κ3) is 4.97. The number of ether oxygens (including phenoxy) is 1. The Hall–Kier alpha value is -3.51. The number of nitrogens with zero attached hydrogens (tertiary/aromatic N) is 5. The molecule has 10 nitrogen and oxygen atoms in total. The molecular weight excluding hydrogens is 542 g/mol. The molecular formula is C30H35N5O5S. The Kier molecular flexibility index (Phi) is 7.23. The first-order chi connectivity index (χ1) is 19.7. The van der Waals surface area contributed by atoms with Gasteiger partial charge in [0, 0.05) is 25.7 Å². The molecule has 11 heteroatoms. The van der Waals surface area contributed by atoms with Crippen LogP contribution in [0.2, 0.25) is 0 Å². The van der Waals surface area contributed by atoms with Crippen LogP contribution in [0, 0.1) is 6.92 Å². The first kappa shape index (κ1) is 27.6. The molecule has 1 aliphatic carbocycles. The quantitative estimate of drug-likeness (QED) is 0.262. The number of carboxylic acid groups (broad SMARTS) is 1. The summed E-state index contributed by atoms with van der Waals surface area (Å²) in [5, 5.41) is 18.5. The number of fused-ring (bicyclic) bond motifs is 3. The molecule has 0 saturated carbocycles. The van der Waals surface area contributed by atoms with E-state index in [4.69, 9.17) is 4.74 Å². The summed E-state index contributed by atoms with van der Waals surface area (Å²) in [5.41, 5.74) is 7.78. The van der Waals surface area contributed by atoms with Gasteiger partial charge in [0.15, 0.2) is 0 Å². The van der Waals surface area contributed by atoms with E-state index in [9.17, 15) is 19.0 Å². The highest BCUT2D eigenvalue weighted by Gasteiger charge is 2.36. The SMILES string of the molecule is CC[C@@H]1CN(Cc2cc(C(CC(=O)O)c3ccc4c(nnn4C)c3C)cc3c2CCC3)S(O)(O)c2cccnc2O1. The highest BCUT2D eigenvalue weighted by molar-refractivity contribution is 8.22. The van der Waals surface area contributed by atoms with Gasteiger partial charge in [-0.15, -0.1) is 15.9 Å². The lowest BCUT2D eigenvalue weighted by Crippen LogP contribution is -2.34. The van der Waals surface area contributed by atoms with Crippen LogP contribution in [0.1, 0.15) is 65.5 Å². The van der Waals surface area contributed by atoms with E-state index in [1.807, 2.05) is 33.0 Å². The summed E-state index contributed by atoms with van der Waals surface area (Å²) in [6.45, 7) is 4.61. The van der Waals surface area contributed by atoms with E-state index < -0.39 is 22.7 Å². The van der Waals surface area contributed by atoms with Crippen LogP contribution in [0.3, 0.4) is 0 Å². The summed E-state index contributed by atoms with van der Waals surface area (Å²) >= 11 is 0. The number of aryl methyl sites for hydroxylation is 3. The van der Waals surface area contributed by atoms with Crippen molar-refractivity contribution in [2.24, 2.45) is 7.05 Å². The van der Waals surface area contributed by atoms with Crippen molar-refractivity contribution in [3.63, 3.8) is 0 Å². The summed E-state index contributed by atoms with van der Waals surface area (Å²) in [6.07, 6.45) is 4.76. The number of benzene rings is 2. The van der Waals surface area contributed by atoms with E-state index in [-0.39, 0.29) is 18.4 Å². The van der Waals surface area contributed by atoms with Crippen LogP contribution in [-0.2, 0) is 31.2 Å². The maximum atomic E-state index is 12.2. The summed E-state index contributed by atoms with van der Waals surface area (Å²) in [4.78, 5) is 16.7. The normalized spacial score (nSPS) is 19.7. The zero-order valence-corrected chi connectivity index (χ0v) is 24.3. The number of rotatable bonds is 7. The second-order valence-electron chi connectivity index (χ2n) is 11.0. The largest absolute Gasteiger partial charge is 0.481 e. The molecule has 1 aliphatic heterocycles. The van der Waals surface area contributed by atoms with Gasteiger partial charge in [-0.1, -0.05) is 30.3 Å². The summed E-state index contributed by atoms with van der Waals surface area (Å²) < 4.78 is 32.6. The molecule has 0 amide bonds. The van der Waals surface area contributed by atoms with Crippen molar-refractivity contribution in [3.8, 4) is 5.88 Å². The monoisotopic (exact) mass is 577 g/mol. The van der Waals surface area contributed by atoms with Gasteiger partial charge in [0.25, 0.3) is 0 Å². The minimum atomic E-state index is -3.38. The molecule has 216 valence electrons. The minimum Gasteiger partial charge on any atom is -0.481 e. The summed E-state index contributed by atoms with van der Waals surface area (Å²) in [7, 11) is -1.54. The molecule has 4 aromatic rings. The zero-order valence-electron chi connectivity index (χ0n) is 23.4. The maximum Gasteiger partial charge on any atom is 0.304 e. The van der Waals surface area contributed by atoms with Crippen LogP contribution in [0.5, 0.6) is 5.88 Å². The molecule has 0 spiro atoms. The van der Waals surface area contributed by atoms with E-state index in [1.165, 1.54) is 11.1 Å². The van der Waals surface area contributed by atoms with Crippen molar-refractivity contribution in [1.82, 2.24) is 24.3 Å². The molecule has 2 atom stereocenters. The van der Waals surface area contributed by atoms with Crippen molar-refractivity contribution in [3.05, 3.63) is 76.0 Å². The lowest BCUT2D eigenvalue weighted by atomic mass is 9.83. The number of pyridine rings is 1. The van der Waals surface area contributed by atoms with E-state index in [2.05, 4.69) is 27.4 Å². The van der Waals surface area contributed by atoms with Crippen molar-refractivity contribution in [2.45, 2.75) is 69.4 Å². The van der Waals surface area contributed by atoms with Gasteiger partial charge in [0.05, 0.1) is 18.5 Å². The second kappa shape index (κ2) is 10.7. The fraction of sp³-hybridized carbons (Fsp3) is 0.400. The maximum absolute atomic E-state index is 12.2. The molecule has 0 fully saturated rings. The lowest BCUT2D eigenvalue weighted by Gasteiger charge is -2.42. The van der Waals surface area contributed by atoms with E-state index in [0.29, 0.717) is 24.4 Å². The topological polar surface area (TPSA) is 134 Å². The van der Waals surface area contributed by atoms with Crippen LogP contribution in [-0.4, -0.2) is 57.1 Å². The van der Waals surface area contributed by atoms with Gasteiger partial charge in [-0.3, -0.25) is 13.9 Å². The number of carbonyl (C=O) groups is 1. The van der Waals surface area contributed by atoms with Gasteiger partial charge in [0.2, 0.25) is 5.88 Å². The number of hydrogen-bond acceptors (Lipinski definition) is 8. The van der Waals surface area contributed by atoms with Gasteiger partial charge < -0.3 is 9.84 Å². The van der Waals surface area contributed by atoms with Crippen LogP contribution < -0.4 is 4.74 Å². The molecule has 3 heterocycles. The highest BCUT2D eigenvalue weighted by Crippen LogP contribution is 2.57. The Balaban J connectivity index is 1.44. The lowest BCUT2D eigenvalue weighted by molar-refractivity contribution is -0.137. The zero-order chi connectivity index (χ0) is 28.9. The second-order valence-corrected chi connectivity index (χ2v) is 13.0. The summed E-state index contributed by atoms with van der Waals surface area (Å²) in [5.74, 6) is -1.02. The fourth-order valence-electron chi connectivity index (χ4n) is 6.27. The molecule has 2 aromatic carbocycles. The van der Waals surface area contributed by atoms with Crippen LogP contribution >= 0.6 is 10.8 Å². The van der Waals surface area contributed by atoms with Gasteiger partial charge in [-0.2, -0.15) is 4.31 Å². The number of carboxylic acids is 1. The Labute approximate surface area is 240 Å². The Bertz CT molecular complexity index is 1640. The smallest absolute Gasteiger partial charge is 0.304 e. The van der Waals surface area contributed by atoms with Crippen molar-refractivity contribution < 1.29 is 23.7 Å². The molecule has 0 saturated heterocycles. The third-order valence-corrected chi connectivity index (χ3v) is 10.3. The number of hydrogen-bond donors (Lipinski definition) is 3. The molecule has 3 N–H and O–H groups in total. The summed E-state index contributed by atoms with van der Waals surface area (Å²) in [6, 6.07) is 11.5. The predicted octanol–water partition coefficient (Wildman–Crippen LogP) is 5.46.